The van der Waals surface area contributed by atoms with Crippen LogP contribution in [0.1, 0.15) is 35.3 Å². The molecule has 0 saturated carbocycles. The Hall–Kier alpha value is -4.12. The highest BCUT2D eigenvalue weighted by Gasteiger charge is 2.38. The van der Waals surface area contributed by atoms with Crippen LogP contribution in [0, 0.1) is 6.92 Å². The molecule has 3 N–H and O–H groups in total. The number of aromatic nitrogens is 2. The van der Waals surface area contributed by atoms with E-state index in [-0.39, 0.29) is 5.91 Å². The number of benzene rings is 2. The Morgan fingerprint density at radius 3 is 2.49 bits per heavy atom. The molecule has 0 bridgehead atoms. The first kappa shape index (κ1) is 27.5. The predicted molar refractivity (Wildman–Crippen MR) is 129 cm³/mol. The number of hydrogen-bond donors (Lipinski definition) is 3. The first-order chi connectivity index (χ1) is 17.4. The molecule has 2 atom stereocenters. The van der Waals surface area contributed by atoms with Crippen molar-refractivity contribution in [2.24, 2.45) is 0 Å². The molecule has 0 spiro atoms. The van der Waals surface area contributed by atoms with Crippen LogP contribution in [0.5, 0.6) is 5.75 Å². The van der Waals surface area contributed by atoms with E-state index < -0.39 is 24.3 Å². The van der Waals surface area contributed by atoms with Gasteiger partial charge in [-0.25, -0.2) is 9.78 Å². The Labute approximate surface area is 211 Å². The summed E-state index contributed by atoms with van der Waals surface area (Å²) in [7, 11) is 1.62. The molecule has 0 fully saturated rings. The summed E-state index contributed by atoms with van der Waals surface area (Å²) in [6.45, 7) is 3.70. The summed E-state index contributed by atoms with van der Waals surface area (Å²) in [6, 6.07) is 13.2. The van der Waals surface area contributed by atoms with Crippen LogP contribution in [0.4, 0.5) is 13.2 Å². The SMILES string of the molecule is COc1cc(/C=C(\C)C(=O)N[C@H]2c3ccccc3CC2O)ccc1-n1cnc(C)c1.O=C(O)C(F)(F)F. The zero-order chi connectivity index (χ0) is 27.3. The number of aryl methyl sites for hydroxylation is 1. The second-order valence-electron chi connectivity index (χ2n) is 8.41. The summed E-state index contributed by atoms with van der Waals surface area (Å²) in [5, 5.41) is 20.5. The van der Waals surface area contributed by atoms with Crippen molar-refractivity contribution in [3.8, 4) is 11.4 Å². The van der Waals surface area contributed by atoms with Crippen LogP contribution in [-0.2, 0) is 16.0 Å². The van der Waals surface area contributed by atoms with E-state index in [1.807, 2.05) is 66.2 Å². The minimum absolute atomic E-state index is 0.205. The maximum atomic E-state index is 12.8. The van der Waals surface area contributed by atoms with Gasteiger partial charge >= 0.3 is 12.1 Å². The lowest BCUT2D eigenvalue weighted by molar-refractivity contribution is -0.192. The molecule has 37 heavy (non-hydrogen) atoms. The Bertz CT molecular complexity index is 1320. The van der Waals surface area contributed by atoms with Gasteiger partial charge in [0.15, 0.2) is 0 Å². The Morgan fingerprint density at radius 2 is 1.89 bits per heavy atom. The van der Waals surface area contributed by atoms with E-state index in [4.69, 9.17) is 14.6 Å². The highest BCUT2D eigenvalue weighted by atomic mass is 19.4. The number of carboxylic acid groups (broad SMARTS) is 1. The highest BCUT2D eigenvalue weighted by Crippen LogP contribution is 2.31. The van der Waals surface area contributed by atoms with E-state index >= 15 is 0 Å². The predicted octanol–water partition coefficient (Wildman–Crippen LogP) is 4.00. The lowest BCUT2D eigenvalue weighted by atomic mass is 10.1. The zero-order valence-electron chi connectivity index (χ0n) is 20.3. The number of methoxy groups -OCH3 is 1. The normalized spacial score (nSPS) is 16.9. The van der Waals surface area contributed by atoms with Gasteiger partial charge in [0.25, 0.3) is 0 Å². The Balaban J connectivity index is 0.000000479. The molecule has 2 aromatic carbocycles. The molecule has 8 nitrogen and oxygen atoms in total. The van der Waals surface area contributed by atoms with Crippen molar-refractivity contribution in [3.63, 3.8) is 0 Å². The number of carboxylic acids is 1. The number of hydrogen-bond acceptors (Lipinski definition) is 5. The lowest BCUT2D eigenvalue weighted by Gasteiger charge is -2.18. The van der Waals surface area contributed by atoms with E-state index in [1.165, 1.54) is 0 Å². The number of fused-ring (bicyclic) bond motifs is 1. The summed E-state index contributed by atoms with van der Waals surface area (Å²) in [5.41, 5.74) is 5.26. The van der Waals surface area contributed by atoms with Crippen molar-refractivity contribution in [1.82, 2.24) is 14.9 Å². The van der Waals surface area contributed by atoms with Crippen LogP contribution in [0.3, 0.4) is 0 Å². The minimum atomic E-state index is -5.08. The fraction of sp³-hybridized carbons (Fsp3) is 0.269. The van der Waals surface area contributed by atoms with Gasteiger partial charge < -0.3 is 24.8 Å². The van der Waals surface area contributed by atoms with E-state index in [1.54, 1.807) is 20.4 Å². The fourth-order valence-corrected chi connectivity index (χ4v) is 3.87. The quantitative estimate of drug-likeness (QED) is 0.441. The van der Waals surface area contributed by atoms with Gasteiger partial charge in [-0.15, -0.1) is 0 Å². The third-order valence-corrected chi connectivity index (χ3v) is 5.67. The number of alkyl halides is 3. The molecular weight excluding hydrogens is 491 g/mol. The molecular formula is C26H26F3N3O5. The molecule has 4 rings (SSSR count). The Kier molecular flexibility index (Phi) is 8.38. The van der Waals surface area contributed by atoms with Crippen molar-refractivity contribution in [2.75, 3.05) is 7.11 Å². The topological polar surface area (TPSA) is 114 Å². The van der Waals surface area contributed by atoms with Gasteiger partial charge in [-0.3, -0.25) is 4.79 Å². The van der Waals surface area contributed by atoms with Gasteiger partial charge in [0.05, 0.1) is 37.0 Å². The first-order valence-electron chi connectivity index (χ1n) is 11.1. The third-order valence-electron chi connectivity index (χ3n) is 5.67. The number of ether oxygens (including phenoxy) is 1. The average Bonchev–Trinajstić information content (AvgIpc) is 3.41. The molecule has 1 heterocycles. The maximum absolute atomic E-state index is 12.8. The number of carbonyl (C=O) groups excluding carboxylic acids is 1. The number of aliphatic carboxylic acids is 1. The molecule has 0 aliphatic heterocycles. The van der Waals surface area contributed by atoms with Gasteiger partial charge in [0.1, 0.15) is 5.75 Å². The van der Waals surface area contributed by atoms with Crippen molar-refractivity contribution in [2.45, 2.75) is 38.6 Å². The molecule has 196 valence electrons. The second-order valence-corrected chi connectivity index (χ2v) is 8.41. The van der Waals surface area contributed by atoms with E-state index in [2.05, 4.69) is 10.3 Å². The highest BCUT2D eigenvalue weighted by molar-refractivity contribution is 5.97. The van der Waals surface area contributed by atoms with E-state index in [9.17, 15) is 23.1 Å². The lowest BCUT2D eigenvalue weighted by Crippen LogP contribution is -2.34. The molecule has 1 aliphatic rings. The smallest absolute Gasteiger partial charge is 0.490 e. The summed E-state index contributed by atoms with van der Waals surface area (Å²) < 4.78 is 39.2. The van der Waals surface area contributed by atoms with Crippen molar-refractivity contribution >= 4 is 18.0 Å². The van der Waals surface area contributed by atoms with Crippen LogP contribution in [0.2, 0.25) is 0 Å². The average molecular weight is 518 g/mol. The number of aliphatic hydroxyl groups excluding tert-OH is 1. The summed E-state index contributed by atoms with van der Waals surface area (Å²) in [6.07, 6.45) is 0.338. The number of aliphatic hydroxyl groups is 1. The van der Waals surface area contributed by atoms with Gasteiger partial charge in [0.2, 0.25) is 5.91 Å². The number of imidazole rings is 1. The molecule has 3 aromatic rings. The third kappa shape index (κ3) is 6.76. The molecule has 1 aromatic heterocycles. The molecule has 0 saturated heterocycles. The maximum Gasteiger partial charge on any atom is 0.490 e. The van der Waals surface area contributed by atoms with Gasteiger partial charge in [-0.1, -0.05) is 30.3 Å². The van der Waals surface area contributed by atoms with Crippen molar-refractivity contribution < 1.29 is 37.7 Å². The molecule has 1 aliphatic carbocycles. The fourth-order valence-electron chi connectivity index (χ4n) is 3.87. The van der Waals surface area contributed by atoms with Gasteiger partial charge in [-0.05, 0) is 48.7 Å². The molecule has 0 radical (unpaired) electrons. The summed E-state index contributed by atoms with van der Waals surface area (Å²) in [4.78, 5) is 25.9. The van der Waals surface area contributed by atoms with E-state index in [0.717, 1.165) is 28.1 Å². The molecule has 11 heteroatoms. The van der Waals surface area contributed by atoms with Crippen LogP contribution in [0.15, 0.2) is 60.6 Å². The zero-order valence-corrected chi connectivity index (χ0v) is 20.3. The van der Waals surface area contributed by atoms with Crippen LogP contribution in [0.25, 0.3) is 11.8 Å². The number of halogens is 3. The Morgan fingerprint density at radius 1 is 1.22 bits per heavy atom. The van der Waals surface area contributed by atoms with E-state index in [0.29, 0.717) is 17.7 Å². The standard InChI is InChI=1S/C24H25N3O3.C2HF3O2/c1-15(24(29)26-23-19-7-5-4-6-18(19)12-21(23)28)10-17-8-9-20(22(11-17)30-3)27-13-16(2)25-14-27;3-2(4,5)1(6)7/h4-11,13-14,21,23,28H,12H2,1-3H3,(H,26,29);(H,6,7)/b15-10+;/t21?,23-;/m0./s1. The summed E-state index contributed by atoms with van der Waals surface area (Å²) in [5.74, 6) is -2.27. The number of carbonyl (C=O) groups is 2. The monoisotopic (exact) mass is 517 g/mol. The largest absolute Gasteiger partial charge is 0.495 e. The van der Waals surface area contributed by atoms with Crippen molar-refractivity contribution in [3.05, 3.63) is 82.9 Å². The molecule has 1 unspecified atom stereocenters. The van der Waals surface area contributed by atoms with Crippen molar-refractivity contribution in [1.29, 1.82) is 0 Å². The summed E-state index contributed by atoms with van der Waals surface area (Å²) >= 11 is 0. The van der Waals surface area contributed by atoms with Crippen LogP contribution < -0.4 is 10.1 Å². The van der Waals surface area contributed by atoms with Crippen LogP contribution in [-0.4, -0.2) is 51.0 Å². The number of nitrogens with one attached hydrogen (secondary N) is 1. The van der Waals surface area contributed by atoms with Gasteiger partial charge in [-0.2, -0.15) is 13.2 Å². The van der Waals surface area contributed by atoms with Gasteiger partial charge in [0, 0.05) is 18.2 Å². The first-order valence-corrected chi connectivity index (χ1v) is 11.1. The second kappa shape index (κ2) is 11.3. The number of rotatable bonds is 5. The number of nitrogens with zero attached hydrogens (tertiary/aromatic N) is 2. The van der Waals surface area contributed by atoms with Crippen LogP contribution >= 0.6 is 0 Å². The number of amides is 1. The minimum Gasteiger partial charge on any atom is -0.495 e. The molecule has 1 amide bonds.